The molecule has 6 heteroatoms. The summed E-state index contributed by atoms with van der Waals surface area (Å²) in [4.78, 5) is 17.8. The van der Waals surface area contributed by atoms with E-state index in [2.05, 4.69) is 15.6 Å². The number of aliphatic hydroxyl groups excluding tert-OH is 1. The molecule has 0 aliphatic heterocycles. The van der Waals surface area contributed by atoms with Crippen molar-refractivity contribution in [1.82, 2.24) is 15.6 Å². The molecular weight excluding hydrogens is 286 g/mol. The number of thiazole rings is 1. The Kier molecular flexibility index (Phi) is 5.58. The van der Waals surface area contributed by atoms with Crippen LogP contribution in [0.4, 0.5) is 4.79 Å². The number of aliphatic hydroxyl groups is 1. The zero-order valence-corrected chi connectivity index (χ0v) is 13.7. The molecule has 0 saturated heterocycles. The van der Waals surface area contributed by atoms with Crippen LogP contribution in [0.2, 0.25) is 0 Å². The van der Waals surface area contributed by atoms with Gasteiger partial charge in [0.1, 0.15) is 0 Å². The molecule has 3 N–H and O–H groups in total. The molecule has 0 unspecified atom stereocenters. The number of hydrogen-bond donors (Lipinski definition) is 3. The summed E-state index contributed by atoms with van der Waals surface area (Å²) in [5, 5.41) is 15.9. The van der Waals surface area contributed by atoms with Crippen molar-refractivity contribution in [1.29, 1.82) is 0 Å². The number of fused-ring (bicyclic) bond motifs is 1. The van der Waals surface area contributed by atoms with E-state index in [1.165, 1.54) is 23.4 Å². The molecule has 0 fully saturated rings. The number of aryl methyl sites for hydroxylation is 2. The number of amides is 2. The van der Waals surface area contributed by atoms with Crippen molar-refractivity contribution in [3.05, 3.63) is 15.6 Å². The summed E-state index contributed by atoms with van der Waals surface area (Å²) in [6.07, 6.45) is 5.58. The highest BCUT2D eigenvalue weighted by atomic mass is 32.1. The maximum Gasteiger partial charge on any atom is 0.314 e. The van der Waals surface area contributed by atoms with E-state index >= 15 is 0 Å². The maximum absolute atomic E-state index is 11.7. The van der Waals surface area contributed by atoms with Crippen molar-refractivity contribution >= 4 is 17.4 Å². The second-order valence-corrected chi connectivity index (χ2v) is 7.53. The molecule has 118 valence electrons. The smallest absolute Gasteiger partial charge is 0.314 e. The molecule has 2 rings (SSSR count). The lowest BCUT2D eigenvalue weighted by molar-refractivity contribution is 0.157. The number of nitrogens with zero attached hydrogens (tertiary/aromatic N) is 1. The number of urea groups is 1. The minimum Gasteiger partial charge on any atom is -0.396 e. The van der Waals surface area contributed by atoms with Crippen LogP contribution < -0.4 is 10.6 Å². The highest BCUT2D eigenvalue weighted by Gasteiger charge is 2.17. The van der Waals surface area contributed by atoms with Gasteiger partial charge in [-0.1, -0.05) is 13.8 Å². The van der Waals surface area contributed by atoms with Crippen molar-refractivity contribution < 1.29 is 9.90 Å². The van der Waals surface area contributed by atoms with Crippen LogP contribution in [-0.2, 0) is 19.3 Å². The van der Waals surface area contributed by atoms with Crippen LogP contribution >= 0.6 is 11.3 Å². The largest absolute Gasteiger partial charge is 0.396 e. The number of hydrogen-bond acceptors (Lipinski definition) is 4. The quantitative estimate of drug-likeness (QED) is 0.751. The first-order valence-electron chi connectivity index (χ1n) is 7.60. The van der Waals surface area contributed by atoms with Gasteiger partial charge in [-0.3, -0.25) is 0 Å². The van der Waals surface area contributed by atoms with Gasteiger partial charge in [0.25, 0.3) is 0 Å². The molecule has 0 spiro atoms. The minimum atomic E-state index is -0.286. The summed E-state index contributed by atoms with van der Waals surface area (Å²) >= 11 is 1.79. The average molecular weight is 311 g/mol. The van der Waals surface area contributed by atoms with Crippen molar-refractivity contribution in [2.24, 2.45) is 5.41 Å². The number of nitrogens with one attached hydrogen (secondary N) is 2. The van der Waals surface area contributed by atoms with Crippen LogP contribution in [0.1, 0.15) is 42.3 Å². The van der Waals surface area contributed by atoms with Crippen LogP contribution in [0.15, 0.2) is 0 Å². The molecule has 0 atom stereocenters. The predicted octanol–water partition coefficient (Wildman–Crippen LogP) is 1.88. The molecule has 0 saturated carbocycles. The van der Waals surface area contributed by atoms with Crippen molar-refractivity contribution in [3.8, 4) is 0 Å². The van der Waals surface area contributed by atoms with Gasteiger partial charge in [0.05, 0.1) is 10.7 Å². The van der Waals surface area contributed by atoms with Gasteiger partial charge >= 0.3 is 6.03 Å². The summed E-state index contributed by atoms with van der Waals surface area (Å²) in [6.45, 7) is 4.93. The van der Waals surface area contributed by atoms with Crippen LogP contribution in [-0.4, -0.2) is 35.8 Å². The molecule has 1 aromatic heterocycles. The predicted molar refractivity (Wildman–Crippen MR) is 84.7 cm³/mol. The fraction of sp³-hybridized carbons (Fsp3) is 0.733. The molecule has 0 bridgehead atoms. The molecule has 1 heterocycles. The first kappa shape index (κ1) is 16.2. The number of carbonyl (C=O) groups is 1. The van der Waals surface area contributed by atoms with Crippen LogP contribution in [0.25, 0.3) is 0 Å². The first-order valence-corrected chi connectivity index (χ1v) is 8.42. The van der Waals surface area contributed by atoms with Crippen LogP contribution in [0.3, 0.4) is 0 Å². The van der Waals surface area contributed by atoms with E-state index in [4.69, 9.17) is 5.11 Å². The summed E-state index contributed by atoms with van der Waals surface area (Å²) < 4.78 is 0. The van der Waals surface area contributed by atoms with E-state index in [1.54, 1.807) is 11.3 Å². The molecular formula is C15H25N3O2S. The molecule has 0 radical (unpaired) electrons. The molecule has 1 aromatic rings. The molecule has 21 heavy (non-hydrogen) atoms. The Morgan fingerprint density at radius 2 is 2.10 bits per heavy atom. The highest BCUT2D eigenvalue weighted by Crippen LogP contribution is 2.26. The van der Waals surface area contributed by atoms with Gasteiger partial charge in [0, 0.05) is 36.4 Å². The normalized spacial score (nSPS) is 14.6. The number of rotatable bonds is 6. The lowest BCUT2D eigenvalue weighted by Gasteiger charge is -2.21. The van der Waals surface area contributed by atoms with Gasteiger partial charge < -0.3 is 15.7 Å². The Morgan fingerprint density at radius 3 is 2.81 bits per heavy atom. The number of aromatic nitrogens is 1. The molecule has 5 nitrogen and oxygen atoms in total. The van der Waals surface area contributed by atoms with Gasteiger partial charge in [-0.05, 0) is 25.7 Å². The molecule has 1 aliphatic rings. The third-order valence-corrected chi connectivity index (χ3v) is 4.89. The second-order valence-electron chi connectivity index (χ2n) is 6.37. The van der Waals surface area contributed by atoms with E-state index in [0.29, 0.717) is 13.1 Å². The average Bonchev–Trinajstić information content (AvgIpc) is 2.88. The van der Waals surface area contributed by atoms with Crippen molar-refractivity contribution in [3.63, 3.8) is 0 Å². The summed E-state index contributed by atoms with van der Waals surface area (Å²) in [6, 6.07) is -0.183. The standard InChI is InChI=1S/C15H25N3O2S/c1-15(2,10-19)9-17-14(20)16-8-7-13-18-11-5-3-4-6-12(11)21-13/h19H,3-10H2,1-2H3,(H2,16,17,20). The van der Waals surface area contributed by atoms with E-state index in [0.717, 1.165) is 24.3 Å². The summed E-state index contributed by atoms with van der Waals surface area (Å²) in [5.74, 6) is 0. The topological polar surface area (TPSA) is 74.2 Å². The Hall–Kier alpha value is -1.14. The van der Waals surface area contributed by atoms with E-state index < -0.39 is 0 Å². The molecule has 0 aromatic carbocycles. The van der Waals surface area contributed by atoms with Gasteiger partial charge in [0.2, 0.25) is 0 Å². The Morgan fingerprint density at radius 1 is 1.33 bits per heavy atom. The highest BCUT2D eigenvalue weighted by molar-refractivity contribution is 7.11. The first-order chi connectivity index (χ1) is 10.00. The minimum absolute atomic E-state index is 0.0535. The third kappa shape index (κ3) is 4.97. The van der Waals surface area contributed by atoms with E-state index in [1.807, 2.05) is 13.8 Å². The fourth-order valence-electron chi connectivity index (χ4n) is 2.23. The monoisotopic (exact) mass is 311 g/mol. The van der Waals surface area contributed by atoms with E-state index in [-0.39, 0.29) is 18.1 Å². The third-order valence-electron chi connectivity index (χ3n) is 3.67. The van der Waals surface area contributed by atoms with Crippen molar-refractivity contribution in [2.45, 2.75) is 46.0 Å². The van der Waals surface area contributed by atoms with Crippen molar-refractivity contribution in [2.75, 3.05) is 19.7 Å². The Balaban J connectivity index is 1.69. The SMILES string of the molecule is CC(C)(CO)CNC(=O)NCCc1nc2c(s1)CCCC2. The number of carbonyl (C=O) groups excluding carboxylic acids is 1. The molecule has 2 amide bonds. The Bertz CT molecular complexity index is 462. The zero-order valence-electron chi connectivity index (χ0n) is 12.9. The fourth-order valence-corrected chi connectivity index (χ4v) is 3.39. The van der Waals surface area contributed by atoms with Gasteiger partial charge in [-0.25, -0.2) is 9.78 Å². The molecule has 1 aliphatic carbocycles. The van der Waals surface area contributed by atoms with Crippen LogP contribution in [0.5, 0.6) is 0 Å². The Labute approximate surface area is 130 Å². The van der Waals surface area contributed by atoms with Gasteiger partial charge in [-0.15, -0.1) is 11.3 Å². The maximum atomic E-state index is 11.7. The van der Waals surface area contributed by atoms with Crippen LogP contribution in [0, 0.1) is 5.41 Å². The van der Waals surface area contributed by atoms with Gasteiger partial charge in [0.15, 0.2) is 0 Å². The van der Waals surface area contributed by atoms with Gasteiger partial charge in [-0.2, -0.15) is 0 Å². The lowest BCUT2D eigenvalue weighted by atomic mass is 9.95. The second kappa shape index (κ2) is 7.22. The lowest BCUT2D eigenvalue weighted by Crippen LogP contribution is -2.42. The zero-order chi connectivity index (χ0) is 15.3. The summed E-state index contributed by atoms with van der Waals surface area (Å²) in [5.41, 5.74) is 0.988. The summed E-state index contributed by atoms with van der Waals surface area (Å²) in [7, 11) is 0. The van der Waals surface area contributed by atoms with E-state index in [9.17, 15) is 4.79 Å².